The predicted molar refractivity (Wildman–Crippen MR) is 74.5 cm³/mol. The molecular weight excluding hydrogens is 303 g/mol. The summed E-state index contributed by atoms with van der Waals surface area (Å²) in [6, 6.07) is 1.17. The highest BCUT2D eigenvalue weighted by Crippen LogP contribution is 2.33. The van der Waals surface area contributed by atoms with Gasteiger partial charge in [0.1, 0.15) is 12.1 Å². The number of fused-ring (bicyclic) bond motifs is 1. The molecule has 3 rings (SSSR count). The molecule has 114 valence electrons. The second kappa shape index (κ2) is 5.04. The topological polar surface area (TPSA) is 46.3 Å². The van der Waals surface area contributed by atoms with E-state index in [1.165, 1.54) is 10.8 Å². The quantitative estimate of drug-likeness (QED) is 0.808. The first-order chi connectivity index (χ1) is 9.88. The molecule has 21 heavy (non-hydrogen) atoms. The Morgan fingerprint density at radius 1 is 1.33 bits per heavy atom. The van der Waals surface area contributed by atoms with Crippen LogP contribution < -0.4 is 4.90 Å². The third-order valence-corrected chi connectivity index (χ3v) is 5.04. The Balaban J connectivity index is 2.14. The van der Waals surface area contributed by atoms with Crippen molar-refractivity contribution in [3.63, 3.8) is 0 Å². The van der Waals surface area contributed by atoms with Gasteiger partial charge < -0.3 is 4.90 Å². The van der Waals surface area contributed by atoms with Crippen LogP contribution in [0.1, 0.15) is 19.5 Å². The fourth-order valence-electron chi connectivity index (χ4n) is 2.40. The molecule has 1 aliphatic heterocycles. The maximum Gasteiger partial charge on any atom is 0.433 e. The third-order valence-electron chi connectivity index (χ3n) is 3.70. The van der Waals surface area contributed by atoms with Crippen LogP contribution in [0.2, 0.25) is 0 Å². The van der Waals surface area contributed by atoms with Gasteiger partial charge in [0.15, 0.2) is 5.69 Å². The van der Waals surface area contributed by atoms with E-state index in [-0.39, 0.29) is 11.8 Å². The highest BCUT2D eigenvalue weighted by Gasteiger charge is 2.36. The molecule has 0 aliphatic carbocycles. The number of hydrogen-bond acceptors (Lipinski definition) is 5. The molecule has 9 heteroatoms. The van der Waals surface area contributed by atoms with E-state index in [9.17, 15) is 13.2 Å². The van der Waals surface area contributed by atoms with Gasteiger partial charge in [-0.25, -0.2) is 4.98 Å². The van der Waals surface area contributed by atoms with Crippen LogP contribution >= 0.6 is 11.8 Å². The molecule has 2 aromatic heterocycles. The largest absolute Gasteiger partial charge is 0.433 e. The number of aromatic nitrogens is 4. The molecule has 1 fully saturated rings. The lowest BCUT2D eigenvalue weighted by atomic mass is 10.2. The maximum atomic E-state index is 13.0. The highest BCUT2D eigenvalue weighted by molar-refractivity contribution is 8.00. The van der Waals surface area contributed by atoms with E-state index in [0.717, 1.165) is 11.8 Å². The van der Waals surface area contributed by atoms with Crippen LogP contribution in [-0.4, -0.2) is 43.2 Å². The first kappa shape index (κ1) is 14.4. The lowest BCUT2D eigenvalue weighted by Crippen LogP contribution is -2.45. The first-order valence-corrected chi connectivity index (χ1v) is 7.59. The third kappa shape index (κ3) is 2.54. The molecule has 1 aliphatic rings. The number of thioether (sulfide) groups is 1. The van der Waals surface area contributed by atoms with Crippen molar-refractivity contribution in [1.82, 2.24) is 19.6 Å². The summed E-state index contributed by atoms with van der Waals surface area (Å²) in [7, 11) is 0. The second-order valence-corrected chi connectivity index (χ2v) is 6.46. The molecule has 0 N–H and O–H groups in total. The highest BCUT2D eigenvalue weighted by atomic mass is 32.2. The van der Waals surface area contributed by atoms with E-state index in [2.05, 4.69) is 22.0 Å². The van der Waals surface area contributed by atoms with E-state index >= 15 is 0 Å². The van der Waals surface area contributed by atoms with Crippen LogP contribution in [0.5, 0.6) is 0 Å². The van der Waals surface area contributed by atoms with E-state index < -0.39 is 11.9 Å². The zero-order valence-electron chi connectivity index (χ0n) is 11.5. The molecule has 2 unspecified atom stereocenters. The average Bonchev–Trinajstić information content (AvgIpc) is 2.88. The monoisotopic (exact) mass is 317 g/mol. The lowest BCUT2D eigenvalue weighted by molar-refractivity contribution is -0.141. The number of rotatable bonds is 1. The van der Waals surface area contributed by atoms with Gasteiger partial charge in [0.25, 0.3) is 5.78 Å². The maximum absolute atomic E-state index is 13.0. The Morgan fingerprint density at radius 3 is 2.81 bits per heavy atom. The fraction of sp³-hybridized carbons (Fsp3) is 0.583. The second-order valence-electron chi connectivity index (χ2n) is 4.98. The van der Waals surface area contributed by atoms with Crippen LogP contribution in [0, 0.1) is 0 Å². The summed E-state index contributed by atoms with van der Waals surface area (Å²) in [4.78, 5) is 9.28. The summed E-state index contributed by atoms with van der Waals surface area (Å²) in [5, 5.41) is 4.34. The van der Waals surface area contributed by atoms with Gasteiger partial charge in [-0.15, -0.1) is 0 Å². The average molecular weight is 317 g/mol. The summed E-state index contributed by atoms with van der Waals surface area (Å²) in [6.45, 7) is 4.76. The fourth-order valence-corrected chi connectivity index (χ4v) is 3.50. The van der Waals surface area contributed by atoms with Crippen LogP contribution in [0.4, 0.5) is 19.0 Å². The molecule has 3 heterocycles. The molecular formula is C12H14F3N5S. The van der Waals surface area contributed by atoms with Gasteiger partial charge in [0, 0.05) is 29.7 Å². The minimum Gasteiger partial charge on any atom is -0.352 e. The molecule has 0 amide bonds. The molecule has 2 atom stereocenters. The summed E-state index contributed by atoms with van der Waals surface area (Å²) >= 11 is 1.82. The zero-order chi connectivity index (χ0) is 15.2. The first-order valence-electron chi connectivity index (χ1n) is 6.54. The van der Waals surface area contributed by atoms with Gasteiger partial charge in [-0.3, -0.25) is 0 Å². The Morgan fingerprint density at radius 2 is 2.10 bits per heavy atom. The molecule has 0 bridgehead atoms. The Kier molecular flexibility index (Phi) is 3.46. The van der Waals surface area contributed by atoms with E-state index in [4.69, 9.17) is 0 Å². The van der Waals surface area contributed by atoms with Crippen LogP contribution in [-0.2, 0) is 6.18 Å². The SMILES string of the molecule is CC1SCCN(c2cc(C(F)(F)F)nc3ncnn23)C1C. The summed E-state index contributed by atoms with van der Waals surface area (Å²) in [6.07, 6.45) is -3.28. The predicted octanol–water partition coefficient (Wildman–Crippen LogP) is 2.47. The van der Waals surface area contributed by atoms with Gasteiger partial charge in [0.05, 0.1) is 0 Å². The van der Waals surface area contributed by atoms with Crippen LogP contribution in [0.3, 0.4) is 0 Å². The molecule has 0 spiro atoms. The number of nitrogens with zero attached hydrogens (tertiary/aromatic N) is 5. The van der Waals surface area contributed by atoms with E-state index in [1.54, 1.807) is 0 Å². The summed E-state index contributed by atoms with van der Waals surface area (Å²) in [5.74, 6) is 1.23. The van der Waals surface area contributed by atoms with Gasteiger partial charge >= 0.3 is 6.18 Å². The molecule has 1 saturated heterocycles. The molecule has 5 nitrogen and oxygen atoms in total. The van der Waals surface area contributed by atoms with E-state index in [1.807, 2.05) is 23.6 Å². The van der Waals surface area contributed by atoms with Gasteiger partial charge in [0.2, 0.25) is 0 Å². The number of alkyl halides is 3. The van der Waals surface area contributed by atoms with Gasteiger partial charge in [-0.1, -0.05) is 6.92 Å². The Bertz CT molecular complexity index is 656. The Labute approximate surface area is 123 Å². The van der Waals surface area contributed by atoms with Crippen molar-refractivity contribution in [1.29, 1.82) is 0 Å². The van der Waals surface area contributed by atoms with Crippen molar-refractivity contribution < 1.29 is 13.2 Å². The lowest BCUT2D eigenvalue weighted by Gasteiger charge is -2.39. The number of anilines is 1. The van der Waals surface area contributed by atoms with Crippen molar-refractivity contribution in [3.05, 3.63) is 18.1 Å². The van der Waals surface area contributed by atoms with Crippen LogP contribution in [0.25, 0.3) is 5.78 Å². The van der Waals surface area contributed by atoms with Crippen molar-refractivity contribution in [2.24, 2.45) is 0 Å². The van der Waals surface area contributed by atoms with Gasteiger partial charge in [-0.2, -0.15) is 39.5 Å². The molecule has 0 radical (unpaired) electrons. The smallest absolute Gasteiger partial charge is 0.352 e. The van der Waals surface area contributed by atoms with Crippen molar-refractivity contribution in [2.45, 2.75) is 31.3 Å². The zero-order valence-corrected chi connectivity index (χ0v) is 12.3. The van der Waals surface area contributed by atoms with Gasteiger partial charge in [-0.05, 0) is 6.92 Å². The Hall–Kier alpha value is -1.51. The minimum atomic E-state index is -4.50. The standard InChI is InChI=1S/C12H14F3N5S/c1-7-8(2)21-4-3-19(7)10-5-9(12(13,14)15)18-11-16-6-17-20(10)11/h5-8H,3-4H2,1-2H3. The molecule has 0 saturated carbocycles. The normalized spacial score (nSPS) is 23.8. The molecule has 2 aromatic rings. The number of halogens is 3. The van der Waals surface area contributed by atoms with Crippen molar-refractivity contribution in [3.8, 4) is 0 Å². The number of hydrogen-bond donors (Lipinski definition) is 0. The van der Waals surface area contributed by atoms with Crippen molar-refractivity contribution in [2.75, 3.05) is 17.2 Å². The van der Waals surface area contributed by atoms with E-state index in [0.29, 0.717) is 17.6 Å². The molecule has 0 aromatic carbocycles. The minimum absolute atomic E-state index is 0.0297. The summed E-state index contributed by atoms with van der Waals surface area (Å²) < 4.78 is 40.4. The van der Waals surface area contributed by atoms with Crippen molar-refractivity contribution >= 4 is 23.4 Å². The van der Waals surface area contributed by atoms with Crippen LogP contribution in [0.15, 0.2) is 12.4 Å². The summed E-state index contributed by atoms with van der Waals surface area (Å²) in [5.41, 5.74) is -0.934.